The number of rotatable bonds is 1. The average Bonchev–Trinajstić information content (AvgIpc) is 2.87. The normalized spacial score (nSPS) is 11.2. The second-order valence-corrected chi connectivity index (χ2v) is 4.68. The molecule has 4 rings (SSSR count). The van der Waals surface area contributed by atoms with Crippen molar-refractivity contribution in [2.45, 2.75) is 0 Å². The molecule has 19 heavy (non-hydrogen) atoms. The topological polar surface area (TPSA) is 15.8 Å². The second-order valence-electron chi connectivity index (χ2n) is 4.68. The minimum Gasteiger partial charge on any atom is -0.354 e. The van der Waals surface area contributed by atoms with E-state index in [4.69, 9.17) is 0 Å². The first kappa shape index (κ1) is 10.4. The largest absolute Gasteiger partial charge is 0.354 e. The van der Waals surface area contributed by atoms with Crippen molar-refractivity contribution in [2.24, 2.45) is 0 Å². The maximum atomic E-state index is 3.51. The van der Waals surface area contributed by atoms with E-state index in [2.05, 4.69) is 65.6 Å². The van der Waals surface area contributed by atoms with Gasteiger partial charge < -0.3 is 4.98 Å². The molecule has 0 spiro atoms. The van der Waals surface area contributed by atoms with Gasteiger partial charge in [-0.1, -0.05) is 60.7 Å². The van der Waals surface area contributed by atoms with Crippen LogP contribution in [-0.4, -0.2) is 4.98 Å². The molecule has 1 N–H and O–H groups in total. The van der Waals surface area contributed by atoms with Gasteiger partial charge >= 0.3 is 0 Å². The fourth-order valence-electron chi connectivity index (χ4n) is 2.65. The molecule has 0 saturated carbocycles. The van der Waals surface area contributed by atoms with E-state index in [1.807, 2.05) is 12.1 Å². The molecule has 0 aliphatic rings. The molecule has 0 atom stereocenters. The average molecular weight is 242 g/mol. The summed E-state index contributed by atoms with van der Waals surface area (Å²) in [6, 6.07) is 26.3. The number of hydrogen-bond donors (Lipinski definition) is 1. The molecule has 0 aliphatic carbocycles. The first-order chi connectivity index (χ1) is 9.43. The van der Waals surface area contributed by atoms with Gasteiger partial charge in [0.25, 0.3) is 0 Å². The fourth-order valence-corrected chi connectivity index (χ4v) is 2.65. The van der Waals surface area contributed by atoms with Gasteiger partial charge in [-0.2, -0.15) is 0 Å². The zero-order valence-corrected chi connectivity index (χ0v) is 10.4. The van der Waals surface area contributed by atoms with Gasteiger partial charge in [-0.25, -0.2) is 0 Å². The van der Waals surface area contributed by atoms with E-state index in [0.717, 1.165) is 11.1 Å². The number of benzene rings is 3. The molecular weight excluding hydrogens is 230 g/mol. The van der Waals surface area contributed by atoms with Crippen LogP contribution in [0.15, 0.2) is 66.7 Å². The molecule has 1 aromatic heterocycles. The summed E-state index contributed by atoms with van der Waals surface area (Å²) in [4.78, 5) is 3.51. The molecule has 3 aromatic carbocycles. The zero-order chi connectivity index (χ0) is 12.7. The molecule has 0 bridgehead atoms. The van der Waals surface area contributed by atoms with E-state index >= 15 is 0 Å². The van der Waals surface area contributed by atoms with E-state index in [9.17, 15) is 0 Å². The van der Waals surface area contributed by atoms with Crippen molar-refractivity contribution in [3.63, 3.8) is 0 Å². The van der Waals surface area contributed by atoms with Gasteiger partial charge in [-0.05, 0) is 17.7 Å². The van der Waals surface area contributed by atoms with Crippen molar-refractivity contribution in [1.82, 2.24) is 4.98 Å². The summed E-state index contributed by atoms with van der Waals surface area (Å²) in [7, 11) is 0. The molecule has 1 heteroatoms. The standard InChI is InChI=1S/C18H12N/c1-2-7-13(8-3-1)14-10-6-11-16-15-9-4-5-12-17(15)19-18(14)16/h1-9,11-12,19H. The van der Waals surface area contributed by atoms with Crippen LogP contribution in [0, 0.1) is 6.07 Å². The molecule has 4 aromatic rings. The third-order valence-electron chi connectivity index (χ3n) is 3.54. The van der Waals surface area contributed by atoms with E-state index in [0.29, 0.717) is 0 Å². The molecule has 89 valence electrons. The van der Waals surface area contributed by atoms with Crippen LogP contribution in [0.4, 0.5) is 0 Å². The van der Waals surface area contributed by atoms with Crippen LogP contribution in [-0.2, 0) is 0 Å². The molecular formula is C18H12N. The highest BCUT2D eigenvalue weighted by Gasteiger charge is 2.08. The van der Waals surface area contributed by atoms with Gasteiger partial charge in [0.1, 0.15) is 0 Å². The van der Waals surface area contributed by atoms with Gasteiger partial charge in [0.05, 0.1) is 5.52 Å². The summed E-state index contributed by atoms with van der Waals surface area (Å²) in [5.74, 6) is 0. The van der Waals surface area contributed by atoms with Crippen LogP contribution in [0.5, 0.6) is 0 Å². The van der Waals surface area contributed by atoms with Crippen molar-refractivity contribution in [3.8, 4) is 11.1 Å². The lowest BCUT2D eigenvalue weighted by atomic mass is 10.0. The molecule has 0 saturated heterocycles. The highest BCUT2D eigenvalue weighted by Crippen LogP contribution is 2.32. The lowest BCUT2D eigenvalue weighted by Crippen LogP contribution is -1.79. The highest BCUT2D eigenvalue weighted by atomic mass is 14.7. The monoisotopic (exact) mass is 242 g/mol. The van der Waals surface area contributed by atoms with Crippen molar-refractivity contribution in [2.75, 3.05) is 0 Å². The quantitative estimate of drug-likeness (QED) is 0.494. The van der Waals surface area contributed by atoms with E-state index < -0.39 is 0 Å². The number of fused-ring (bicyclic) bond motifs is 3. The number of para-hydroxylation sites is 1. The van der Waals surface area contributed by atoms with Gasteiger partial charge in [0, 0.05) is 21.9 Å². The molecule has 1 heterocycles. The van der Waals surface area contributed by atoms with E-state index in [1.54, 1.807) is 0 Å². The Morgan fingerprint density at radius 3 is 2.42 bits per heavy atom. The maximum absolute atomic E-state index is 3.51. The second kappa shape index (κ2) is 3.99. The fraction of sp³-hybridized carbons (Fsp3) is 0. The minimum absolute atomic E-state index is 1.13. The number of aromatic amines is 1. The number of H-pyrrole nitrogens is 1. The highest BCUT2D eigenvalue weighted by molar-refractivity contribution is 6.11. The Bertz CT molecular complexity index is 857. The molecule has 1 radical (unpaired) electrons. The summed E-state index contributed by atoms with van der Waals surface area (Å²) in [5.41, 5.74) is 4.66. The minimum atomic E-state index is 1.13. The maximum Gasteiger partial charge on any atom is 0.0550 e. The van der Waals surface area contributed by atoms with Crippen molar-refractivity contribution in [3.05, 3.63) is 72.8 Å². The van der Waals surface area contributed by atoms with Crippen LogP contribution in [0.2, 0.25) is 0 Å². The van der Waals surface area contributed by atoms with Crippen LogP contribution < -0.4 is 0 Å². The lowest BCUT2D eigenvalue weighted by Gasteiger charge is -2.02. The summed E-state index contributed by atoms with van der Waals surface area (Å²) >= 11 is 0. The zero-order valence-electron chi connectivity index (χ0n) is 10.4. The smallest absolute Gasteiger partial charge is 0.0550 e. The van der Waals surface area contributed by atoms with E-state index in [1.165, 1.54) is 21.9 Å². The molecule has 1 nitrogen and oxygen atoms in total. The summed E-state index contributed by atoms with van der Waals surface area (Å²) in [6.45, 7) is 0. The third-order valence-corrected chi connectivity index (χ3v) is 3.54. The number of aromatic nitrogens is 1. The Hall–Kier alpha value is -2.54. The Balaban J connectivity index is 2.13. The molecule has 0 aliphatic heterocycles. The first-order valence-corrected chi connectivity index (χ1v) is 6.40. The van der Waals surface area contributed by atoms with Crippen LogP contribution in [0.3, 0.4) is 0 Å². The SMILES string of the molecule is [c]1ccc2c([nH]c3ccccc32)c1-c1ccccc1. The molecule has 0 amide bonds. The van der Waals surface area contributed by atoms with Crippen LogP contribution >= 0.6 is 0 Å². The van der Waals surface area contributed by atoms with Crippen LogP contribution in [0.25, 0.3) is 32.9 Å². The predicted molar refractivity (Wildman–Crippen MR) is 80.1 cm³/mol. The summed E-state index contributed by atoms with van der Waals surface area (Å²) in [6.07, 6.45) is 0. The Morgan fingerprint density at radius 1 is 0.737 bits per heavy atom. The first-order valence-electron chi connectivity index (χ1n) is 6.40. The Kier molecular flexibility index (Phi) is 2.18. The van der Waals surface area contributed by atoms with Crippen molar-refractivity contribution in [1.29, 1.82) is 0 Å². The molecule has 0 unspecified atom stereocenters. The summed E-state index contributed by atoms with van der Waals surface area (Å²) in [5, 5.41) is 2.52. The summed E-state index contributed by atoms with van der Waals surface area (Å²) < 4.78 is 0. The van der Waals surface area contributed by atoms with Gasteiger partial charge in [0.2, 0.25) is 0 Å². The Labute approximate surface area is 111 Å². The van der Waals surface area contributed by atoms with Crippen LogP contribution in [0.1, 0.15) is 0 Å². The number of hydrogen-bond acceptors (Lipinski definition) is 0. The van der Waals surface area contributed by atoms with E-state index in [-0.39, 0.29) is 0 Å². The molecule has 0 fully saturated rings. The third kappa shape index (κ3) is 1.55. The predicted octanol–water partition coefficient (Wildman–Crippen LogP) is 4.79. The Morgan fingerprint density at radius 2 is 1.53 bits per heavy atom. The van der Waals surface area contributed by atoms with Gasteiger partial charge in [-0.3, -0.25) is 0 Å². The number of nitrogens with one attached hydrogen (secondary N) is 1. The van der Waals surface area contributed by atoms with Crippen molar-refractivity contribution < 1.29 is 0 Å². The van der Waals surface area contributed by atoms with Gasteiger partial charge in [0.15, 0.2) is 0 Å². The lowest BCUT2D eigenvalue weighted by molar-refractivity contribution is 1.53. The van der Waals surface area contributed by atoms with Crippen molar-refractivity contribution >= 4 is 21.8 Å². The van der Waals surface area contributed by atoms with Gasteiger partial charge in [-0.15, -0.1) is 0 Å².